The monoisotopic (exact) mass is 400 g/mol. The summed E-state index contributed by atoms with van der Waals surface area (Å²) in [4.78, 5) is 28.9. The predicted octanol–water partition coefficient (Wildman–Crippen LogP) is 2.46. The van der Waals surface area contributed by atoms with Crippen molar-refractivity contribution in [3.63, 3.8) is 0 Å². The van der Waals surface area contributed by atoms with Gasteiger partial charge in [0.25, 0.3) is 5.91 Å². The van der Waals surface area contributed by atoms with Crippen molar-refractivity contribution in [2.75, 3.05) is 24.8 Å². The van der Waals surface area contributed by atoms with E-state index in [1.807, 2.05) is 12.1 Å². The normalized spacial score (nSPS) is 22.1. The molecule has 0 aliphatic carbocycles. The quantitative estimate of drug-likeness (QED) is 0.788. The van der Waals surface area contributed by atoms with Crippen molar-refractivity contribution in [1.82, 2.24) is 4.90 Å². The third-order valence-electron chi connectivity index (χ3n) is 5.31. The van der Waals surface area contributed by atoms with E-state index in [2.05, 4.69) is 0 Å². The van der Waals surface area contributed by atoms with E-state index >= 15 is 0 Å². The molecular formula is C20H17ClN2O5. The molecule has 3 heterocycles. The smallest absolute Gasteiger partial charge is 0.261 e. The maximum Gasteiger partial charge on any atom is 0.261 e. The van der Waals surface area contributed by atoms with Crippen LogP contribution >= 0.6 is 11.6 Å². The van der Waals surface area contributed by atoms with Gasteiger partial charge in [0.15, 0.2) is 18.1 Å². The van der Waals surface area contributed by atoms with Gasteiger partial charge in [0.2, 0.25) is 12.7 Å². The molecule has 0 unspecified atom stereocenters. The van der Waals surface area contributed by atoms with Crippen molar-refractivity contribution in [2.45, 2.75) is 18.5 Å². The summed E-state index contributed by atoms with van der Waals surface area (Å²) in [5.74, 6) is 1.46. The summed E-state index contributed by atoms with van der Waals surface area (Å²) in [6.07, 6.45) is 0.616. The Morgan fingerprint density at radius 3 is 2.82 bits per heavy atom. The number of piperazine rings is 1. The molecule has 2 fully saturated rings. The topological polar surface area (TPSA) is 68.3 Å². The third-order valence-corrected chi connectivity index (χ3v) is 5.62. The number of nitrogens with zero attached hydrogens (tertiary/aromatic N) is 2. The van der Waals surface area contributed by atoms with Crippen LogP contribution in [0.5, 0.6) is 17.2 Å². The number of hydrogen-bond donors (Lipinski definition) is 0. The molecule has 0 aromatic heterocycles. The Labute approximate surface area is 166 Å². The average Bonchev–Trinajstić information content (AvgIpc) is 3.40. The Kier molecular flexibility index (Phi) is 4.05. The van der Waals surface area contributed by atoms with Crippen LogP contribution < -0.4 is 19.1 Å². The van der Waals surface area contributed by atoms with E-state index in [-0.39, 0.29) is 31.3 Å². The van der Waals surface area contributed by atoms with Crippen molar-refractivity contribution < 1.29 is 23.8 Å². The Morgan fingerprint density at radius 1 is 1.18 bits per heavy atom. The van der Waals surface area contributed by atoms with Crippen LogP contribution in [-0.4, -0.2) is 48.7 Å². The first kappa shape index (κ1) is 17.2. The largest absolute Gasteiger partial charge is 0.482 e. The molecule has 0 N–H and O–H groups in total. The summed E-state index contributed by atoms with van der Waals surface area (Å²) in [5, 5.41) is 0.448. The predicted molar refractivity (Wildman–Crippen MR) is 101 cm³/mol. The van der Waals surface area contributed by atoms with Gasteiger partial charge < -0.3 is 24.0 Å². The number of hydrogen-bond acceptors (Lipinski definition) is 5. The second-order valence-electron chi connectivity index (χ2n) is 6.92. The number of ether oxygens (including phenoxy) is 3. The zero-order valence-corrected chi connectivity index (χ0v) is 15.6. The lowest BCUT2D eigenvalue weighted by Crippen LogP contribution is -2.53. The molecule has 2 saturated heterocycles. The van der Waals surface area contributed by atoms with Crippen LogP contribution in [0, 0.1) is 0 Å². The number of rotatable bonds is 4. The molecule has 2 amide bonds. The molecular weight excluding hydrogens is 384 g/mol. The summed E-state index contributed by atoms with van der Waals surface area (Å²) >= 11 is 6.05. The minimum absolute atomic E-state index is 0.0536. The van der Waals surface area contributed by atoms with Crippen molar-refractivity contribution in [3.8, 4) is 17.2 Å². The molecule has 8 heteroatoms. The lowest BCUT2D eigenvalue weighted by molar-refractivity contribution is -0.139. The summed E-state index contributed by atoms with van der Waals surface area (Å²) in [5.41, 5.74) is 0.765. The molecule has 2 aromatic rings. The van der Waals surface area contributed by atoms with Crippen LogP contribution in [0.25, 0.3) is 0 Å². The van der Waals surface area contributed by atoms with Crippen LogP contribution in [0.2, 0.25) is 5.02 Å². The minimum atomic E-state index is -0.460. The number of benzene rings is 2. The number of halogens is 1. The Morgan fingerprint density at radius 2 is 2.00 bits per heavy atom. The van der Waals surface area contributed by atoms with Gasteiger partial charge in [0.1, 0.15) is 11.8 Å². The number of carbonyl (C=O) groups is 2. The summed E-state index contributed by atoms with van der Waals surface area (Å²) < 4.78 is 16.3. The number of likely N-dealkylation sites (tertiary alicyclic amines) is 1. The number of para-hydroxylation sites is 1. The molecule has 2 aromatic carbocycles. The number of carbonyl (C=O) groups excluding carboxylic acids is 2. The Bertz CT molecular complexity index is 965. The van der Waals surface area contributed by atoms with Gasteiger partial charge in [-0.05, 0) is 30.7 Å². The summed E-state index contributed by atoms with van der Waals surface area (Å²) in [6.45, 7) is 0.520. The maximum absolute atomic E-state index is 12.9. The first-order valence-electron chi connectivity index (χ1n) is 9.01. The second kappa shape index (κ2) is 6.60. The maximum atomic E-state index is 12.9. The zero-order chi connectivity index (χ0) is 19.3. The lowest BCUT2D eigenvalue weighted by Gasteiger charge is -2.33. The van der Waals surface area contributed by atoms with Gasteiger partial charge in [-0.1, -0.05) is 23.7 Å². The van der Waals surface area contributed by atoms with Gasteiger partial charge in [0, 0.05) is 18.3 Å². The highest BCUT2D eigenvalue weighted by atomic mass is 35.5. The molecule has 2 atom stereocenters. The van der Waals surface area contributed by atoms with E-state index < -0.39 is 6.04 Å². The van der Waals surface area contributed by atoms with Gasteiger partial charge in [-0.15, -0.1) is 0 Å². The highest BCUT2D eigenvalue weighted by Crippen LogP contribution is 2.40. The molecule has 3 aliphatic rings. The van der Waals surface area contributed by atoms with Crippen LogP contribution in [0.1, 0.15) is 6.42 Å². The Balaban J connectivity index is 1.27. The summed E-state index contributed by atoms with van der Waals surface area (Å²) in [6, 6.07) is 11.9. The number of fused-ring (bicyclic) bond motifs is 3. The molecule has 7 nitrogen and oxygen atoms in total. The van der Waals surface area contributed by atoms with Crippen molar-refractivity contribution in [1.29, 1.82) is 0 Å². The first-order chi connectivity index (χ1) is 13.6. The van der Waals surface area contributed by atoms with Crippen molar-refractivity contribution >= 4 is 29.1 Å². The number of amides is 2. The SMILES string of the molecule is O=C(COc1ccccc1Cl)N1C[C@@H]2C[C@H]1C(=O)N2c1ccc2c(c1)OCO2. The highest BCUT2D eigenvalue weighted by Gasteiger charge is 2.51. The zero-order valence-electron chi connectivity index (χ0n) is 14.8. The fourth-order valence-corrected chi connectivity index (χ4v) is 4.20. The fourth-order valence-electron chi connectivity index (χ4n) is 4.01. The third kappa shape index (κ3) is 2.74. The Hall–Kier alpha value is -2.93. The molecule has 5 rings (SSSR count). The fraction of sp³-hybridized carbons (Fsp3) is 0.300. The van der Waals surface area contributed by atoms with E-state index in [0.29, 0.717) is 35.2 Å². The van der Waals surface area contributed by atoms with E-state index in [1.165, 1.54) is 0 Å². The molecule has 0 spiro atoms. The summed E-state index contributed by atoms with van der Waals surface area (Å²) in [7, 11) is 0. The van der Waals surface area contributed by atoms with Gasteiger partial charge in [-0.2, -0.15) is 0 Å². The molecule has 3 aliphatic heterocycles. The average molecular weight is 401 g/mol. The van der Waals surface area contributed by atoms with Crippen LogP contribution in [0.4, 0.5) is 5.69 Å². The van der Waals surface area contributed by atoms with Crippen molar-refractivity contribution in [2.24, 2.45) is 0 Å². The van der Waals surface area contributed by atoms with Gasteiger partial charge in [-0.25, -0.2) is 0 Å². The first-order valence-corrected chi connectivity index (χ1v) is 9.39. The van der Waals surface area contributed by atoms with Crippen molar-refractivity contribution in [3.05, 3.63) is 47.5 Å². The standard InChI is InChI=1S/C20H17ClN2O5/c21-14-3-1-2-4-16(14)26-10-19(24)22-9-13-7-15(22)20(25)23(13)12-5-6-17-18(8-12)28-11-27-17/h1-6,8,13,15H,7,9-11H2/t13-,15-/m0/s1. The van der Waals surface area contributed by atoms with E-state index in [4.69, 9.17) is 25.8 Å². The van der Waals surface area contributed by atoms with Crippen LogP contribution in [-0.2, 0) is 9.59 Å². The van der Waals surface area contributed by atoms with Gasteiger partial charge in [-0.3, -0.25) is 9.59 Å². The highest BCUT2D eigenvalue weighted by molar-refractivity contribution is 6.32. The van der Waals surface area contributed by atoms with E-state index in [1.54, 1.807) is 40.1 Å². The molecule has 2 bridgehead atoms. The number of anilines is 1. The van der Waals surface area contributed by atoms with Gasteiger partial charge >= 0.3 is 0 Å². The second-order valence-corrected chi connectivity index (χ2v) is 7.32. The minimum Gasteiger partial charge on any atom is -0.482 e. The van der Waals surface area contributed by atoms with Crippen LogP contribution in [0.3, 0.4) is 0 Å². The molecule has 144 valence electrons. The van der Waals surface area contributed by atoms with E-state index in [9.17, 15) is 9.59 Å². The molecule has 0 radical (unpaired) electrons. The van der Waals surface area contributed by atoms with Crippen LogP contribution in [0.15, 0.2) is 42.5 Å². The lowest BCUT2D eigenvalue weighted by atomic mass is 10.2. The van der Waals surface area contributed by atoms with E-state index in [0.717, 1.165) is 5.69 Å². The molecule has 28 heavy (non-hydrogen) atoms. The van der Waals surface area contributed by atoms with Gasteiger partial charge in [0.05, 0.1) is 11.1 Å². The molecule has 0 saturated carbocycles.